The van der Waals surface area contributed by atoms with Crippen LogP contribution in [-0.4, -0.2) is 7.05 Å². The maximum Gasteiger partial charge on any atom is 0.126 e. The second kappa shape index (κ2) is 6.62. The van der Waals surface area contributed by atoms with Crippen LogP contribution in [0.5, 0.6) is 0 Å². The summed E-state index contributed by atoms with van der Waals surface area (Å²) in [6.07, 6.45) is 0.883. The molecule has 2 unspecified atom stereocenters. The maximum absolute atomic E-state index is 13.4. The summed E-state index contributed by atoms with van der Waals surface area (Å²) in [4.78, 5) is 0. The van der Waals surface area contributed by atoms with Crippen molar-refractivity contribution in [1.82, 2.24) is 5.32 Å². The standard InChI is InChI=1S/C17H19F2N/c1-3-16(12-7-5-4-6-8-12)17(20-2)13-9-14(18)11-15(19)10-13/h4-11,16-17,20H,3H2,1-2H3. The van der Waals surface area contributed by atoms with Crippen LogP contribution in [0.15, 0.2) is 48.5 Å². The van der Waals surface area contributed by atoms with Gasteiger partial charge in [0, 0.05) is 18.0 Å². The highest BCUT2D eigenvalue weighted by atomic mass is 19.1. The predicted molar refractivity (Wildman–Crippen MR) is 77.6 cm³/mol. The molecule has 2 aromatic carbocycles. The minimum absolute atomic E-state index is 0.118. The van der Waals surface area contributed by atoms with Crippen molar-refractivity contribution in [2.24, 2.45) is 0 Å². The fraction of sp³-hybridized carbons (Fsp3) is 0.294. The van der Waals surface area contributed by atoms with Crippen LogP contribution in [0.1, 0.15) is 36.4 Å². The summed E-state index contributed by atoms with van der Waals surface area (Å²) in [6, 6.07) is 13.6. The molecule has 0 amide bonds. The second-order valence-corrected chi connectivity index (χ2v) is 4.89. The molecule has 0 fully saturated rings. The van der Waals surface area contributed by atoms with E-state index in [1.54, 1.807) is 0 Å². The quantitative estimate of drug-likeness (QED) is 0.851. The third kappa shape index (κ3) is 3.23. The SMILES string of the molecule is CCC(c1ccccc1)C(NC)c1cc(F)cc(F)c1. The Kier molecular flexibility index (Phi) is 4.85. The van der Waals surface area contributed by atoms with E-state index in [2.05, 4.69) is 12.2 Å². The van der Waals surface area contributed by atoms with E-state index in [1.165, 1.54) is 17.7 Å². The number of likely N-dealkylation sites (N-methyl/N-ethyl adjacent to an activating group) is 1. The molecule has 0 heterocycles. The van der Waals surface area contributed by atoms with Gasteiger partial charge in [0.1, 0.15) is 11.6 Å². The fourth-order valence-corrected chi connectivity index (χ4v) is 2.72. The smallest absolute Gasteiger partial charge is 0.126 e. The Hall–Kier alpha value is -1.74. The van der Waals surface area contributed by atoms with E-state index < -0.39 is 11.6 Å². The van der Waals surface area contributed by atoms with Gasteiger partial charge in [0.25, 0.3) is 0 Å². The Labute approximate surface area is 118 Å². The minimum atomic E-state index is -0.539. The summed E-state index contributed by atoms with van der Waals surface area (Å²) in [5.74, 6) is -0.909. The first-order valence-corrected chi connectivity index (χ1v) is 6.84. The van der Waals surface area contributed by atoms with Crippen molar-refractivity contribution in [2.45, 2.75) is 25.3 Å². The van der Waals surface area contributed by atoms with E-state index in [0.29, 0.717) is 5.56 Å². The summed E-state index contributed by atoms with van der Waals surface area (Å²) in [6.45, 7) is 2.08. The Bertz CT molecular complexity index is 534. The number of halogens is 2. The lowest BCUT2D eigenvalue weighted by Gasteiger charge is -2.27. The number of nitrogens with one attached hydrogen (secondary N) is 1. The number of hydrogen-bond donors (Lipinski definition) is 1. The first-order valence-electron chi connectivity index (χ1n) is 6.84. The lowest BCUT2D eigenvalue weighted by atomic mass is 9.85. The van der Waals surface area contributed by atoms with Gasteiger partial charge in [-0.15, -0.1) is 0 Å². The summed E-state index contributed by atoms with van der Waals surface area (Å²) >= 11 is 0. The molecule has 0 aliphatic carbocycles. The van der Waals surface area contributed by atoms with Crippen LogP contribution in [-0.2, 0) is 0 Å². The van der Waals surface area contributed by atoms with Crippen molar-refractivity contribution in [3.05, 3.63) is 71.3 Å². The fourth-order valence-electron chi connectivity index (χ4n) is 2.72. The summed E-state index contributed by atoms with van der Waals surface area (Å²) in [7, 11) is 1.82. The average molecular weight is 275 g/mol. The van der Waals surface area contributed by atoms with E-state index in [1.807, 2.05) is 37.4 Å². The lowest BCUT2D eigenvalue weighted by molar-refractivity contribution is 0.461. The molecule has 3 heteroatoms. The Balaban J connectivity index is 2.39. The Morgan fingerprint density at radius 1 is 0.950 bits per heavy atom. The second-order valence-electron chi connectivity index (χ2n) is 4.89. The zero-order valence-electron chi connectivity index (χ0n) is 11.7. The van der Waals surface area contributed by atoms with Crippen molar-refractivity contribution in [1.29, 1.82) is 0 Å². The molecule has 0 radical (unpaired) electrons. The first kappa shape index (κ1) is 14.7. The van der Waals surface area contributed by atoms with Gasteiger partial charge in [-0.3, -0.25) is 0 Å². The molecule has 2 aromatic rings. The van der Waals surface area contributed by atoms with Gasteiger partial charge in [-0.2, -0.15) is 0 Å². The predicted octanol–water partition coefficient (Wildman–Crippen LogP) is 4.42. The van der Waals surface area contributed by atoms with Crippen LogP contribution in [0.25, 0.3) is 0 Å². The molecule has 0 aromatic heterocycles. The van der Waals surface area contributed by atoms with Gasteiger partial charge < -0.3 is 5.32 Å². The maximum atomic E-state index is 13.4. The molecule has 2 rings (SSSR count). The van der Waals surface area contributed by atoms with Crippen LogP contribution in [0, 0.1) is 11.6 Å². The summed E-state index contributed by atoms with van der Waals surface area (Å²) in [5, 5.41) is 3.19. The molecule has 0 bridgehead atoms. The number of hydrogen-bond acceptors (Lipinski definition) is 1. The van der Waals surface area contributed by atoms with E-state index >= 15 is 0 Å². The normalized spacial score (nSPS) is 14.0. The van der Waals surface area contributed by atoms with E-state index in [9.17, 15) is 8.78 Å². The zero-order chi connectivity index (χ0) is 14.5. The van der Waals surface area contributed by atoms with E-state index in [4.69, 9.17) is 0 Å². The summed E-state index contributed by atoms with van der Waals surface area (Å²) < 4.78 is 26.9. The molecule has 0 saturated heterocycles. The molecule has 2 atom stereocenters. The molecule has 1 N–H and O–H groups in total. The third-order valence-corrected chi connectivity index (χ3v) is 3.62. The van der Waals surface area contributed by atoms with Gasteiger partial charge in [0.15, 0.2) is 0 Å². The largest absolute Gasteiger partial charge is 0.312 e. The van der Waals surface area contributed by atoms with Crippen molar-refractivity contribution in [3.8, 4) is 0 Å². The van der Waals surface area contributed by atoms with E-state index in [-0.39, 0.29) is 12.0 Å². The van der Waals surface area contributed by atoms with Crippen molar-refractivity contribution in [2.75, 3.05) is 7.05 Å². The van der Waals surface area contributed by atoms with Crippen LogP contribution in [0.4, 0.5) is 8.78 Å². The molecule has 20 heavy (non-hydrogen) atoms. The highest BCUT2D eigenvalue weighted by molar-refractivity contribution is 5.28. The lowest BCUT2D eigenvalue weighted by Crippen LogP contribution is -2.24. The molecule has 0 spiro atoms. The van der Waals surface area contributed by atoms with Gasteiger partial charge in [-0.1, -0.05) is 37.3 Å². The van der Waals surface area contributed by atoms with Gasteiger partial charge in [-0.05, 0) is 36.7 Å². The van der Waals surface area contributed by atoms with Gasteiger partial charge >= 0.3 is 0 Å². The van der Waals surface area contributed by atoms with Crippen LogP contribution in [0.3, 0.4) is 0 Å². The van der Waals surface area contributed by atoms with Gasteiger partial charge in [-0.25, -0.2) is 8.78 Å². The Morgan fingerprint density at radius 3 is 2.05 bits per heavy atom. The minimum Gasteiger partial charge on any atom is -0.312 e. The van der Waals surface area contributed by atoms with Crippen molar-refractivity contribution in [3.63, 3.8) is 0 Å². The molecular weight excluding hydrogens is 256 g/mol. The summed E-state index contributed by atoms with van der Waals surface area (Å²) in [5.41, 5.74) is 1.81. The van der Waals surface area contributed by atoms with Crippen LogP contribution < -0.4 is 5.32 Å². The first-order chi connectivity index (χ1) is 9.65. The molecule has 0 aliphatic rings. The monoisotopic (exact) mass is 275 g/mol. The van der Waals surface area contributed by atoms with Crippen molar-refractivity contribution >= 4 is 0 Å². The Morgan fingerprint density at radius 2 is 1.55 bits per heavy atom. The highest BCUT2D eigenvalue weighted by Crippen LogP contribution is 2.33. The topological polar surface area (TPSA) is 12.0 Å². The number of rotatable bonds is 5. The van der Waals surface area contributed by atoms with E-state index in [0.717, 1.165) is 12.5 Å². The molecule has 106 valence electrons. The zero-order valence-corrected chi connectivity index (χ0v) is 11.7. The van der Waals surface area contributed by atoms with Gasteiger partial charge in [0.05, 0.1) is 0 Å². The van der Waals surface area contributed by atoms with Crippen molar-refractivity contribution < 1.29 is 8.78 Å². The molecule has 0 saturated carbocycles. The third-order valence-electron chi connectivity index (χ3n) is 3.62. The van der Waals surface area contributed by atoms with Gasteiger partial charge in [0.2, 0.25) is 0 Å². The number of benzene rings is 2. The average Bonchev–Trinajstić information content (AvgIpc) is 2.44. The van der Waals surface area contributed by atoms with Crippen LogP contribution >= 0.6 is 0 Å². The highest BCUT2D eigenvalue weighted by Gasteiger charge is 2.22. The van der Waals surface area contributed by atoms with Crippen LogP contribution in [0.2, 0.25) is 0 Å². The molecule has 1 nitrogen and oxygen atoms in total. The molecule has 0 aliphatic heterocycles. The molecular formula is C17H19F2N.